The number of rotatable bonds is 5. The van der Waals surface area contributed by atoms with Gasteiger partial charge in [0.05, 0.1) is 12.7 Å². The Balaban J connectivity index is 2.55. The lowest BCUT2D eigenvalue weighted by atomic mass is 10.0. The Morgan fingerprint density at radius 3 is 2.61 bits per heavy atom. The molecule has 122 valence electrons. The molecule has 2 aromatic rings. The number of carbonyl (C=O) groups excluding carboxylic acids is 1. The van der Waals surface area contributed by atoms with Gasteiger partial charge in [-0.1, -0.05) is 18.7 Å². The fourth-order valence-electron chi connectivity index (χ4n) is 1.83. The number of hydrogen-bond donors (Lipinski definition) is 1. The Hall–Kier alpha value is -2.29. The molecule has 2 N–H and O–H groups in total. The van der Waals surface area contributed by atoms with Crippen LogP contribution in [-0.2, 0) is 0 Å². The van der Waals surface area contributed by atoms with E-state index in [0.29, 0.717) is 17.0 Å². The smallest absolute Gasteiger partial charge is 0.205 e. The first-order valence-electron chi connectivity index (χ1n) is 6.42. The predicted molar refractivity (Wildman–Crippen MR) is 79.1 cm³/mol. The van der Waals surface area contributed by atoms with Gasteiger partial charge in [0.15, 0.2) is 22.6 Å². The summed E-state index contributed by atoms with van der Waals surface area (Å²) in [6, 6.07) is 0.587. The molecule has 9 heteroatoms. The van der Waals surface area contributed by atoms with Gasteiger partial charge in [-0.25, -0.2) is 23.1 Å². The Morgan fingerprint density at radius 1 is 1.35 bits per heavy atom. The molecule has 1 aromatic carbocycles. The molecule has 0 unspecified atom stereocenters. The summed E-state index contributed by atoms with van der Waals surface area (Å²) in [5.74, 6) is -5.83. The van der Waals surface area contributed by atoms with Gasteiger partial charge in [0.2, 0.25) is 5.78 Å². The van der Waals surface area contributed by atoms with Gasteiger partial charge in [-0.05, 0) is 5.75 Å². The fraction of sp³-hybridized carbons (Fsp3) is 0.214. The maximum atomic E-state index is 14.0. The van der Waals surface area contributed by atoms with Gasteiger partial charge in [-0.15, -0.1) is 0 Å². The van der Waals surface area contributed by atoms with Crippen molar-refractivity contribution >= 4 is 23.4 Å². The van der Waals surface area contributed by atoms with Crippen molar-refractivity contribution in [2.24, 2.45) is 0 Å². The number of aromatic nitrogens is 2. The van der Waals surface area contributed by atoms with Crippen LogP contribution < -0.4 is 10.5 Å². The first-order valence-corrected chi connectivity index (χ1v) is 7.40. The number of ether oxygens (including phenoxy) is 1. The molecule has 0 aliphatic carbocycles. The Labute approximate surface area is 134 Å². The van der Waals surface area contributed by atoms with Crippen LogP contribution in [-0.4, -0.2) is 28.6 Å². The van der Waals surface area contributed by atoms with Gasteiger partial charge >= 0.3 is 0 Å². The van der Waals surface area contributed by atoms with E-state index in [1.54, 1.807) is 0 Å². The largest absolute Gasteiger partial charge is 0.496 e. The molecule has 0 saturated carbocycles. The molecule has 23 heavy (non-hydrogen) atoms. The number of thioether (sulfide) groups is 1. The lowest BCUT2D eigenvalue weighted by molar-refractivity contribution is 0.103. The number of anilines is 1. The summed E-state index contributed by atoms with van der Waals surface area (Å²) in [7, 11) is 1.10. The molecule has 0 saturated heterocycles. The third-order valence-electron chi connectivity index (χ3n) is 2.89. The maximum Gasteiger partial charge on any atom is 0.205 e. The van der Waals surface area contributed by atoms with Crippen molar-refractivity contribution in [3.63, 3.8) is 0 Å². The van der Waals surface area contributed by atoms with Crippen molar-refractivity contribution in [2.75, 3.05) is 18.6 Å². The molecule has 0 radical (unpaired) electrons. The summed E-state index contributed by atoms with van der Waals surface area (Å²) in [5, 5.41) is 0.347. The van der Waals surface area contributed by atoms with E-state index >= 15 is 0 Å². The Kier molecular flexibility index (Phi) is 5.09. The molecule has 0 amide bonds. The number of nitrogens with two attached hydrogens (primary N) is 1. The normalized spacial score (nSPS) is 10.7. The first-order chi connectivity index (χ1) is 10.9. The molecule has 0 spiro atoms. The lowest BCUT2D eigenvalue weighted by Crippen LogP contribution is -2.13. The van der Waals surface area contributed by atoms with Gasteiger partial charge in [0, 0.05) is 12.3 Å². The van der Waals surface area contributed by atoms with Gasteiger partial charge < -0.3 is 10.5 Å². The molecule has 0 bridgehead atoms. The van der Waals surface area contributed by atoms with E-state index in [0.717, 1.165) is 13.3 Å². The average molecular weight is 343 g/mol. The molecule has 1 heterocycles. The van der Waals surface area contributed by atoms with Crippen LogP contribution in [0.25, 0.3) is 0 Å². The second kappa shape index (κ2) is 6.86. The topological polar surface area (TPSA) is 78.1 Å². The van der Waals surface area contributed by atoms with Crippen molar-refractivity contribution in [1.82, 2.24) is 9.97 Å². The Bertz CT molecular complexity index is 771. The van der Waals surface area contributed by atoms with Crippen molar-refractivity contribution in [3.05, 3.63) is 40.8 Å². The number of ketones is 1. The SMILES string of the molecule is CCSc1ncc(C(=O)c2c(OC)cc(F)c(F)c2F)c(N)n1. The Morgan fingerprint density at radius 2 is 2.04 bits per heavy atom. The van der Waals surface area contributed by atoms with Crippen LogP contribution in [0.2, 0.25) is 0 Å². The van der Waals surface area contributed by atoms with Crippen LogP contribution in [0.15, 0.2) is 17.4 Å². The minimum atomic E-state index is -1.77. The monoisotopic (exact) mass is 343 g/mol. The number of halogens is 3. The highest BCUT2D eigenvalue weighted by molar-refractivity contribution is 7.99. The van der Waals surface area contributed by atoms with Gasteiger partial charge in [-0.3, -0.25) is 4.79 Å². The molecule has 2 rings (SSSR count). The van der Waals surface area contributed by atoms with Gasteiger partial charge in [-0.2, -0.15) is 0 Å². The zero-order valence-electron chi connectivity index (χ0n) is 12.2. The van der Waals surface area contributed by atoms with Crippen LogP contribution in [0.1, 0.15) is 22.8 Å². The highest BCUT2D eigenvalue weighted by Crippen LogP contribution is 2.29. The summed E-state index contributed by atoms with van der Waals surface area (Å²) < 4.78 is 45.4. The van der Waals surface area contributed by atoms with E-state index < -0.39 is 34.5 Å². The van der Waals surface area contributed by atoms with Crippen LogP contribution >= 0.6 is 11.8 Å². The maximum absolute atomic E-state index is 14.0. The van der Waals surface area contributed by atoms with Crippen molar-refractivity contribution < 1.29 is 22.7 Å². The third-order valence-corrected chi connectivity index (χ3v) is 3.63. The van der Waals surface area contributed by atoms with Gasteiger partial charge in [0.25, 0.3) is 0 Å². The number of nitrogen functional groups attached to an aromatic ring is 1. The molecule has 0 aliphatic heterocycles. The average Bonchev–Trinajstić information content (AvgIpc) is 2.52. The predicted octanol–water partition coefficient (Wildman–Crippen LogP) is 2.83. The second-order valence-corrected chi connectivity index (χ2v) is 5.51. The van der Waals surface area contributed by atoms with E-state index in [9.17, 15) is 18.0 Å². The fourth-order valence-corrected chi connectivity index (χ4v) is 2.38. The minimum absolute atomic E-state index is 0.188. The molecule has 5 nitrogen and oxygen atoms in total. The van der Waals surface area contributed by atoms with Crippen LogP contribution in [0.4, 0.5) is 19.0 Å². The number of benzene rings is 1. The quantitative estimate of drug-likeness (QED) is 0.389. The molecule has 0 aliphatic rings. The summed E-state index contributed by atoms with van der Waals surface area (Å²) in [6.45, 7) is 1.88. The molecule has 1 aromatic heterocycles. The first kappa shape index (κ1) is 17.1. The van der Waals surface area contributed by atoms with Crippen molar-refractivity contribution in [3.8, 4) is 5.75 Å². The second-order valence-electron chi connectivity index (χ2n) is 4.28. The van der Waals surface area contributed by atoms with Crippen LogP contribution in [0.3, 0.4) is 0 Å². The standard InChI is InChI=1S/C14H12F3N3O2S/c1-3-23-14-19-5-6(13(18)20-14)12(21)9-8(22-2)4-7(15)10(16)11(9)17/h4-5H,3H2,1-2H3,(H2,18,19,20). The zero-order chi connectivity index (χ0) is 17.1. The number of nitrogens with zero attached hydrogens (tertiary/aromatic N) is 2. The van der Waals surface area contributed by atoms with Crippen LogP contribution in [0, 0.1) is 17.5 Å². The summed E-state index contributed by atoms with van der Waals surface area (Å²) >= 11 is 1.30. The van der Waals surface area contributed by atoms with E-state index in [1.807, 2.05) is 6.92 Å². The molecule has 0 fully saturated rings. The number of hydrogen-bond acceptors (Lipinski definition) is 6. The van der Waals surface area contributed by atoms with Crippen molar-refractivity contribution in [2.45, 2.75) is 12.1 Å². The van der Waals surface area contributed by atoms with E-state index in [2.05, 4.69) is 9.97 Å². The van der Waals surface area contributed by atoms with E-state index in [-0.39, 0.29) is 11.4 Å². The zero-order valence-corrected chi connectivity index (χ0v) is 13.0. The number of methoxy groups -OCH3 is 1. The highest BCUT2D eigenvalue weighted by Gasteiger charge is 2.27. The minimum Gasteiger partial charge on any atom is -0.496 e. The van der Waals surface area contributed by atoms with Crippen molar-refractivity contribution in [1.29, 1.82) is 0 Å². The molecule has 0 atom stereocenters. The molecular weight excluding hydrogens is 331 g/mol. The number of carbonyl (C=O) groups is 1. The lowest BCUT2D eigenvalue weighted by Gasteiger charge is -2.11. The third kappa shape index (κ3) is 3.24. The summed E-state index contributed by atoms with van der Waals surface area (Å²) in [4.78, 5) is 20.3. The molecular formula is C14H12F3N3O2S. The highest BCUT2D eigenvalue weighted by atomic mass is 32.2. The summed E-state index contributed by atoms with van der Waals surface area (Å²) in [6.07, 6.45) is 1.11. The van der Waals surface area contributed by atoms with E-state index in [4.69, 9.17) is 10.5 Å². The van der Waals surface area contributed by atoms with E-state index in [1.165, 1.54) is 11.8 Å². The van der Waals surface area contributed by atoms with Gasteiger partial charge in [0.1, 0.15) is 17.1 Å². The van der Waals surface area contributed by atoms with Crippen LogP contribution in [0.5, 0.6) is 5.75 Å². The summed E-state index contributed by atoms with van der Waals surface area (Å²) in [5.41, 5.74) is 4.69.